The number of piperazine rings is 1. The molecule has 1 aliphatic rings. The van der Waals surface area contributed by atoms with Crippen molar-refractivity contribution in [1.29, 1.82) is 0 Å². The van der Waals surface area contributed by atoms with Gasteiger partial charge in [-0.1, -0.05) is 54.6 Å². The zero-order valence-corrected chi connectivity index (χ0v) is 20.4. The third-order valence-electron chi connectivity index (χ3n) is 6.02. The third kappa shape index (κ3) is 4.91. The molecule has 9 heteroatoms. The number of hydrogen-bond acceptors (Lipinski definition) is 5. The zero-order chi connectivity index (χ0) is 25.1. The number of nitrogens with one attached hydrogen (secondary N) is 1. The summed E-state index contributed by atoms with van der Waals surface area (Å²) in [5.74, 6) is -0.464. The molecule has 8 nitrogen and oxygen atoms in total. The van der Waals surface area contributed by atoms with Gasteiger partial charge in [0.2, 0.25) is 21.8 Å². The fourth-order valence-corrected chi connectivity index (χ4v) is 5.70. The van der Waals surface area contributed by atoms with Crippen molar-refractivity contribution in [3.05, 3.63) is 90.5 Å². The summed E-state index contributed by atoms with van der Waals surface area (Å²) in [6.07, 6.45) is 0. The third-order valence-corrected chi connectivity index (χ3v) is 7.82. The van der Waals surface area contributed by atoms with Gasteiger partial charge in [0.15, 0.2) is 0 Å². The Labute approximate surface area is 205 Å². The lowest BCUT2D eigenvalue weighted by Gasteiger charge is -2.46. The maximum atomic E-state index is 13.6. The average molecular weight is 494 g/mol. The van der Waals surface area contributed by atoms with E-state index in [-0.39, 0.29) is 18.0 Å². The molecule has 3 aromatic carbocycles. The number of anilines is 1. The molecule has 1 saturated heterocycles. The second-order valence-corrected chi connectivity index (χ2v) is 10.4. The van der Waals surface area contributed by atoms with Gasteiger partial charge < -0.3 is 10.1 Å². The molecule has 1 fully saturated rings. The second-order valence-electron chi connectivity index (χ2n) is 8.46. The minimum absolute atomic E-state index is 0.0645. The van der Waals surface area contributed by atoms with Crippen molar-refractivity contribution >= 4 is 27.5 Å². The Bertz CT molecular complexity index is 1320. The zero-order valence-electron chi connectivity index (χ0n) is 19.5. The first-order valence-electron chi connectivity index (χ1n) is 11.1. The van der Waals surface area contributed by atoms with Gasteiger partial charge in [0.1, 0.15) is 11.3 Å². The number of sulfonamides is 1. The van der Waals surface area contributed by atoms with Crippen LogP contribution in [0.25, 0.3) is 0 Å². The normalized spacial score (nSPS) is 18.8. The summed E-state index contributed by atoms with van der Waals surface area (Å²) in [5, 5.41) is 2.88. The Hall–Kier alpha value is -3.69. The minimum atomic E-state index is -4.00. The van der Waals surface area contributed by atoms with Crippen LogP contribution >= 0.6 is 0 Å². The highest BCUT2D eigenvalue weighted by Crippen LogP contribution is 2.33. The molecule has 4 rings (SSSR count). The van der Waals surface area contributed by atoms with Crippen LogP contribution < -0.4 is 15.0 Å². The van der Waals surface area contributed by atoms with Crippen molar-refractivity contribution in [3.8, 4) is 5.75 Å². The number of carbonyl (C=O) groups excluding carboxylic acids is 2. The van der Waals surface area contributed by atoms with E-state index >= 15 is 0 Å². The molecule has 0 aromatic heterocycles. The Morgan fingerprint density at radius 3 is 2.31 bits per heavy atom. The average Bonchev–Trinajstić information content (AvgIpc) is 2.88. The molecule has 2 amide bonds. The Morgan fingerprint density at radius 1 is 1.00 bits per heavy atom. The predicted molar refractivity (Wildman–Crippen MR) is 132 cm³/mol. The minimum Gasteiger partial charge on any atom is -0.497 e. The largest absolute Gasteiger partial charge is 0.497 e. The van der Waals surface area contributed by atoms with Crippen LogP contribution in [-0.4, -0.2) is 50.3 Å². The highest BCUT2D eigenvalue weighted by molar-refractivity contribution is 7.89. The molecule has 1 N–H and O–H groups in total. The van der Waals surface area contributed by atoms with Gasteiger partial charge in [0, 0.05) is 24.8 Å². The number of hydrogen-bond donors (Lipinski definition) is 1. The highest BCUT2D eigenvalue weighted by atomic mass is 32.2. The number of ether oxygens (including phenoxy) is 1. The highest BCUT2D eigenvalue weighted by Gasteiger charge is 2.51. The van der Waals surface area contributed by atoms with Crippen molar-refractivity contribution in [2.75, 3.05) is 25.1 Å². The van der Waals surface area contributed by atoms with Gasteiger partial charge in [-0.15, -0.1) is 0 Å². The Morgan fingerprint density at radius 2 is 1.66 bits per heavy atom. The molecule has 0 bridgehead atoms. The summed E-state index contributed by atoms with van der Waals surface area (Å²) in [4.78, 5) is 28.5. The van der Waals surface area contributed by atoms with Crippen LogP contribution in [-0.2, 0) is 26.2 Å². The molecule has 1 heterocycles. The van der Waals surface area contributed by atoms with E-state index in [9.17, 15) is 18.0 Å². The summed E-state index contributed by atoms with van der Waals surface area (Å²) < 4.78 is 33.1. The SMILES string of the molecule is COc1cccc(N2C(=O)CN(S(=O)(=O)c3ccccc3)C[C@@]2(C)C(=O)NCc2ccccc2)c1. The number of amides is 2. The van der Waals surface area contributed by atoms with E-state index in [4.69, 9.17) is 4.74 Å². The van der Waals surface area contributed by atoms with Crippen molar-refractivity contribution in [2.45, 2.75) is 23.9 Å². The molecule has 0 unspecified atom stereocenters. The topological polar surface area (TPSA) is 96.0 Å². The van der Waals surface area contributed by atoms with E-state index in [1.54, 1.807) is 49.4 Å². The Kier molecular flexibility index (Phi) is 6.90. The molecule has 1 aliphatic heterocycles. The van der Waals surface area contributed by atoms with Crippen LogP contribution in [0.4, 0.5) is 5.69 Å². The fraction of sp³-hybridized carbons (Fsp3) is 0.231. The van der Waals surface area contributed by atoms with Gasteiger partial charge >= 0.3 is 0 Å². The standard InChI is InChI=1S/C26H27N3O5S/c1-26(25(31)27-17-20-10-5-3-6-11-20)19-28(35(32,33)23-14-7-4-8-15-23)18-24(30)29(26)21-12-9-13-22(16-21)34-2/h3-16H,17-19H2,1-2H3,(H,27,31)/t26-/m0/s1. The van der Waals surface area contributed by atoms with E-state index in [2.05, 4.69) is 5.32 Å². The van der Waals surface area contributed by atoms with Gasteiger partial charge in [-0.3, -0.25) is 14.5 Å². The van der Waals surface area contributed by atoms with E-state index < -0.39 is 33.9 Å². The quantitative estimate of drug-likeness (QED) is 0.546. The maximum absolute atomic E-state index is 13.6. The van der Waals surface area contributed by atoms with Crippen molar-refractivity contribution in [3.63, 3.8) is 0 Å². The molecule has 0 radical (unpaired) electrons. The van der Waals surface area contributed by atoms with Crippen LogP contribution in [0.2, 0.25) is 0 Å². The Balaban J connectivity index is 1.72. The molecule has 0 saturated carbocycles. The molecule has 35 heavy (non-hydrogen) atoms. The number of methoxy groups -OCH3 is 1. The summed E-state index contributed by atoms with van der Waals surface area (Å²) in [6.45, 7) is 1.21. The lowest BCUT2D eigenvalue weighted by Crippen LogP contribution is -2.70. The fourth-order valence-electron chi connectivity index (χ4n) is 4.20. The number of benzene rings is 3. The van der Waals surface area contributed by atoms with Crippen molar-refractivity contribution in [1.82, 2.24) is 9.62 Å². The van der Waals surface area contributed by atoms with Gasteiger partial charge in [-0.2, -0.15) is 4.31 Å². The lowest BCUT2D eigenvalue weighted by molar-refractivity contribution is -0.133. The van der Waals surface area contributed by atoms with E-state index in [0.717, 1.165) is 9.87 Å². The van der Waals surface area contributed by atoms with Crippen molar-refractivity contribution < 1.29 is 22.7 Å². The molecule has 0 aliphatic carbocycles. The van der Waals surface area contributed by atoms with Crippen LogP contribution in [0.1, 0.15) is 12.5 Å². The van der Waals surface area contributed by atoms with Crippen LogP contribution in [0.3, 0.4) is 0 Å². The van der Waals surface area contributed by atoms with E-state index in [1.807, 2.05) is 30.3 Å². The summed E-state index contributed by atoms with van der Waals surface area (Å²) in [7, 11) is -2.49. The molecule has 1 atom stereocenters. The van der Waals surface area contributed by atoms with Gasteiger partial charge in [-0.05, 0) is 36.8 Å². The van der Waals surface area contributed by atoms with Crippen LogP contribution in [0.5, 0.6) is 5.75 Å². The summed E-state index contributed by atoms with van der Waals surface area (Å²) >= 11 is 0. The van der Waals surface area contributed by atoms with Crippen LogP contribution in [0, 0.1) is 0 Å². The molecular weight excluding hydrogens is 466 g/mol. The molecule has 3 aromatic rings. The summed E-state index contributed by atoms with van der Waals surface area (Å²) in [5.41, 5.74) is -0.185. The molecule has 0 spiro atoms. The first kappa shape index (κ1) is 24.4. The monoisotopic (exact) mass is 493 g/mol. The number of carbonyl (C=O) groups is 2. The predicted octanol–water partition coefficient (Wildman–Crippen LogP) is 2.81. The van der Waals surface area contributed by atoms with Crippen molar-refractivity contribution in [2.24, 2.45) is 0 Å². The van der Waals surface area contributed by atoms with E-state index in [0.29, 0.717) is 11.4 Å². The van der Waals surface area contributed by atoms with Crippen LogP contribution in [0.15, 0.2) is 89.8 Å². The van der Waals surface area contributed by atoms with E-state index in [1.165, 1.54) is 24.1 Å². The number of nitrogens with zero attached hydrogens (tertiary/aromatic N) is 2. The lowest BCUT2D eigenvalue weighted by atomic mass is 9.94. The molecule has 182 valence electrons. The smallest absolute Gasteiger partial charge is 0.247 e. The van der Waals surface area contributed by atoms with Gasteiger partial charge in [-0.25, -0.2) is 8.42 Å². The second kappa shape index (κ2) is 9.89. The first-order chi connectivity index (χ1) is 16.8. The summed E-state index contributed by atoms with van der Waals surface area (Å²) in [6, 6.07) is 24.1. The molecular formula is C26H27N3O5S. The van der Waals surface area contributed by atoms with Gasteiger partial charge in [0.05, 0.1) is 18.6 Å². The first-order valence-corrected chi connectivity index (χ1v) is 12.5. The van der Waals surface area contributed by atoms with Gasteiger partial charge in [0.25, 0.3) is 0 Å². The number of rotatable bonds is 7. The maximum Gasteiger partial charge on any atom is 0.247 e.